The second-order valence-electron chi connectivity index (χ2n) is 5.35. The summed E-state index contributed by atoms with van der Waals surface area (Å²) in [6.07, 6.45) is 9.77. The molecule has 2 atom stereocenters. The maximum atomic E-state index is 4.34. The van der Waals surface area contributed by atoms with Crippen molar-refractivity contribution < 1.29 is 0 Å². The molecule has 1 N–H and O–H groups in total. The molecule has 0 saturated heterocycles. The smallest absolute Gasteiger partial charge is 0.0537 e. The molecular weight excluding hydrogens is 210 g/mol. The summed E-state index contributed by atoms with van der Waals surface area (Å²) in [4.78, 5) is 0. The average molecular weight is 235 g/mol. The third kappa shape index (κ3) is 3.09. The fourth-order valence-corrected chi connectivity index (χ4v) is 2.86. The van der Waals surface area contributed by atoms with Crippen LogP contribution in [0.3, 0.4) is 0 Å². The van der Waals surface area contributed by atoms with Crippen LogP contribution in [0.5, 0.6) is 0 Å². The van der Waals surface area contributed by atoms with Gasteiger partial charge in [0, 0.05) is 30.4 Å². The Morgan fingerprint density at radius 2 is 2.12 bits per heavy atom. The summed E-state index contributed by atoms with van der Waals surface area (Å²) in [6.45, 7) is 7.64. The first-order valence-corrected chi connectivity index (χ1v) is 6.99. The fourth-order valence-electron chi connectivity index (χ4n) is 2.86. The molecule has 1 aliphatic rings. The van der Waals surface area contributed by atoms with Crippen molar-refractivity contribution in [3.8, 4) is 0 Å². The van der Waals surface area contributed by atoms with Crippen LogP contribution in [0.15, 0.2) is 12.4 Å². The van der Waals surface area contributed by atoms with Crippen molar-refractivity contribution in [3.05, 3.63) is 18.0 Å². The molecule has 0 bridgehead atoms. The lowest BCUT2D eigenvalue weighted by Crippen LogP contribution is -2.34. The Labute approximate surface area is 105 Å². The summed E-state index contributed by atoms with van der Waals surface area (Å²) in [5.41, 5.74) is 1.30. The number of nitrogens with one attached hydrogen (secondary N) is 1. The van der Waals surface area contributed by atoms with E-state index in [1.165, 1.54) is 31.2 Å². The molecular formula is C14H25N3. The van der Waals surface area contributed by atoms with Gasteiger partial charge in [-0.3, -0.25) is 4.68 Å². The van der Waals surface area contributed by atoms with E-state index < -0.39 is 0 Å². The van der Waals surface area contributed by atoms with E-state index >= 15 is 0 Å². The highest BCUT2D eigenvalue weighted by atomic mass is 15.3. The second kappa shape index (κ2) is 5.67. The minimum absolute atomic E-state index is 0.408. The van der Waals surface area contributed by atoms with Crippen LogP contribution >= 0.6 is 0 Å². The molecule has 1 aliphatic carbocycles. The lowest BCUT2D eigenvalue weighted by atomic mass is 9.98. The second-order valence-corrected chi connectivity index (χ2v) is 5.35. The zero-order valence-corrected chi connectivity index (χ0v) is 11.3. The zero-order chi connectivity index (χ0) is 12.3. The van der Waals surface area contributed by atoms with Gasteiger partial charge in [-0.2, -0.15) is 5.10 Å². The molecule has 2 unspecified atom stereocenters. The summed E-state index contributed by atoms with van der Waals surface area (Å²) < 4.78 is 1.99. The minimum atomic E-state index is 0.408. The summed E-state index contributed by atoms with van der Waals surface area (Å²) in [7, 11) is 0. The zero-order valence-electron chi connectivity index (χ0n) is 11.3. The Bertz CT molecular complexity index is 339. The highest BCUT2D eigenvalue weighted by Gasteiger charge is 2.23. The van der Waals surface area contributed by atoms with Crippen molar-refractivity contribution in [1.82, 2.24) is 15.1 Å². The predicted molar refractivity (Wildman–Crippen MR) is 70.9 cm³/mol. The minimum Gasteiger partial charge on any atom is -0.307 e. The van der Waals surface area contributed by atoms with Crippen LogP contribution in [0.25, 0.3) is 0 Å². The number of nitrogens with zero attached hydrogens (tertiary/aromatic N) is 2. The Morgan fingerprint density at radius 1 is 1.41 bits per heavy atom. The first kappa shape index (κ1) is 12.6. The van der Waals surface area contributed by atoms with Crippen molar-refractivity contribution in [2.75, 3.05) is 0 Å². The maximum absolute atomic E-state index is 4.34. The Morgan fingerprint density at radius 3 is 2.71 bits per heavy atom. The van der Waals surface area contributed by atoms with E-state index in [0.29, 0.717) is 12.1 Å². The number of aryl methyl sites for hydroxylation is 1. The molecule has 0 spiro atoms. The SMILES string of the molecule is CCn1cc(C(C)NC(C)C2CCCC2)cn1. The van der Waals surface area contributed by atoms with E-state index in [9.17, 15) is 0 Å². The fraction of sp³-hybridized carbons (Fsp3) is 0.786. The van der Waals surface area contributed by atoms with E-state index in [1.54, 1.807) is 0 Å². The van der Waals surface area contributed by atoms with Crippen molar-refractivity contribution in [2.24, 2.45) is 5.92 Å². The molecule has 3 heteroatoms. The lowest BCUT2D eigenvalue weighted by molar-refractivity contribution is 0.352. The highest BCUT2D eigenvalue weighted by Crippen LogP contribution is 2.28. The largest absolute Gasteiger partial charge is 0.307 e. The van der Waals surface area contributed by atoms with Crippen LogP contribution in [0, 0.1) is 5.92 Å². The molecule has 17 heavy (non-hydrogen) atoms. The Hall–Kier alpha value is -0.830. The molecule has 0 radical (unpaired) electrons. The molecule has 2 rings (SSSR count). The van der Waals surface area contributed by atoms with Crippen molar-refractivity contribution >= 4 is 0 Å². The van der Waals surface area contributed by atoms with Gasteiger partial charge in [0.25, 0.3) is 0 Å². The monoisotopic (exact) mass is 235 g/mol. The van der Waals surface area contributed by atoms with E-state index in [-0.39, 0.29) is 0 Å². The van der Waals surface area contributed by atoms with E-state index in [1.807, 2.05) is 10.9 Å². The maximum Gasteiger partial charge on any atom is 0.0537 e. The molecule has 0 aliphatic heterocycles. The van der Waals surface area contributed by atoms with Gasteiger partial charge in [-0.25, -0.2) is 0 Å². The van der Waals surface area contributed by atoms with E-state index in [2.05, 4.69) is 37.4 Å². The van der Waals surface area contributed by atoms with Gasteiger partial charge in [-0.1, -0.05) is 12.8 Å². The van der Waals surface area contributed by atoms with Gasteiger partial charge in [0.2, 0.25) is 0 Å². The normalized spacial score (nSPS) is 20.6. The van der Waals surface area contributed by atoms with Gasteiger partial charge in [0.05, 0.1) is 6.20 Å². The molecule has 1 aromatic rings. The number of rotatable bonds is 5. The molecule has 0 amide bonds. The van der Waals surface area contributed by atoms with E-state index in [0.717, 1.165) is 12.5 Å². The predicted octanol–water partition coefficient (Wildman–Crippen LogP) is 3.13. The van der Waals surface area contributed by atoms with Crippen LogP contribution < -0.4 is 5.32 Å². The number of hydrogen-bond acceptors (Lipinski definition) is 2. The van der Waals surface area contributed by atoms with Crippen LogP contribution in [-0.2, 0) is 6.54 Å². The van der Waals surface area contributed by atoms with Crippen LogP contribution in [0.1, 0.15) is 58.1 Å². The molecule has 1 fully saturated rings. The molecule has 96 valence electrons. The Balaban J connectivity index is 1.89. The van der Waals surface area contributed by atoms with Crippen molar-refractivity contribution in [3.63, 3.8) is 0 Å². The van der Waals surface area contributed by atoms with Gasteiger partial charge in [-0.05, 0) is 39.5 Å². The van der Waals surface area contributed by atoms with Gasteiger partial charge >= 0.3 is 0 Å². The first-order chi connectivity index (χ1) is 8.20. The van der Waals surface area contributed by atoms with Gasteiger partial charge in [-0.15, -0.1) is 0 Å². The third-order valence-electron chi connectivity index (χ3n) is 4.10. The standard InChI is InChI=1S/C14H25N3/c1-4-17-10-14(9-15-17)12(3)16-11(2)13-7-5-6-8-13/h9-13,16H,4-8H2,1-3H3. The van der Waals surface area contributed by atoms with Gasteiger partial charge < -0.3 is 5.32 Å². The van der Waals surface area contributed by atoms with Crippen LogP contribution in [-0.4, -0.2) is 15.8 Å². The van der Waals surface area contributed by atoms with Gasteiger partial charge in [0.1, 0.15) is 0 Å². The van der Waals surface area contributed by atoms with Crippen LogP contribution in [0.4, 0.5) is 0 Å². The van der Waals surface area contributed by atoms with Crippen LogP contribution in [0.2, 0.25) is 0 Å². The molecule has 1 saturated carbocycles. The average Bonchev–Trinajstić information content (AvgIpc) is 3.00. The third-order valence-corrected chi connectivity index (χ3v) is 4.10. The number of aromatic nitrogens is 2. The number of hydrogen-bond donors (Lipinski definition) is 1. The lowest BCUT2D eigenvalue weighted by Gasteiger charge is -2.24. The van der Waals surface area contributed by atoms with Crippen molar-refractivity contribution in [1.29, 1.82) is 0 Å². The molecule has 1 heterocycles. The quantitative estimate of drug-likeness (QED) is 0.849. The summed E-state index contributed by atoms with van der Waals surface area (Å²) in [5, 5.41) is 8.06. The van der Waals surface area contributed by atoms with Crippen molar-refractivity contribution in [2.45, 2.75) is 65.1 Å². The van der Waals surface area contributed by atoms with E-state index in [4.69, 9.17) is 0 Å². The Kier molecular flexibility index (Phi) is 4.21. The molecule has 0 aromatic carbocycles. The topological polar surface area (TPSA) is 29.9 Å². The first-order valence-electron chi connectivity index (χ1n) is 6.99. The molecule has 3 nitrogen and oxygen atoms in total. The van der Waals surface area contributed by atoms with Gasteiger partial charge in [0.15, 0.2) is 0 Å². The molecule has 1 aromatic heterocycles. The summed E-state index contributed by atoms with van der Waals surface area (Å²) in [5.74, 6) is 0.874. The summed E-state index contributed by atoms with van der Waals surface area (Å²) in [6, 6.07) is 1.03. The summed E-state index contributed by atoms with van der Waals surface area (Å²) >= 11 is 0. The highest BCUT2D eigenvalue weighted by molar-refractivity contribution is 5.09.